The molecule has 0 rings (SSSR count). The maximum absolute atomic E-state index is 10.4. The van der Waals surface area contributed by atoms with Crippen molar-refractivity contribution in [3.05, 3.63) is 10.1 Å². The molecular formula is C6H11Br2NO2. The molecule has 0 radical (unpaired) electrons. The Bertz CT molecular complexity index is 141. The third-order valence-electron chi connectivity index (χ3n) is 1.50. The van der Waals surface area contributed by atoms with Gasteiger partial charge in [0.25, 0.3) is 0 Å². The van der Waals surface area contributed by atoms with Crippen LogP contribution in [0.4, 0.5) is 0 Å². The van der Waals surface area contributed by atoms with Crippen molar-refractivity contribution < 1.29 is 4.92 Å². The first-order valence-corrected chi connectivity index (χ1v) is 5.25. The van der Waals surface area contributed by atoms with Gasteiger partial charge in [-0.05, 0) is 0 Å². The molecule has 0 aliphatic rings. The van der Waals surface area contributed by atoms with Crippen LogP contribution in [0, 0.1) is 10.1 Å². The molecule has 11 heavy (non-hydrogen) atoms. The summed E-state index contributed by atoms with van der Waals surface area (Å²) in [5, 5.41) is 10.4. The number of nitrogens with zero attached hydrogens (tertiary/aromatic N) is 1. The van der Waals surface area contributed by atoms with Crippen molar-refractivity contribution in [2.45, 2.75) is 36.0 Å². The minimum atomic E-state index is -0.496. The Hall–Kier alpha value is 0.360. The topological polar surface area (TPSA) is 43.1 Å². The molecule has 3 unspecified atom stereocenters. The van der Waals surface area contributed by atoms with Gasteiger partial charge in [0.1, 0.15) is 0 Å². The van der Waals surface area contributed by atoms with Crippen LogP contribution >= 0.6 is 31.9 Å². The van der Waals surface area contributed by atoms with Crippen molar-refractivity contribution in [3.63, 3.8) is 0 Å². The molecule has 0 heterocycles. The van der Waals surface area contributed by atoms with Gasteiger partial charge in [0.15, 0.2) is 0 Å². The van der Waals surface area contributed by atoms with Gasteiger partial charge in [0.2, 0.25) is 6.04 Å². The van der Waals surface area contributed by atoms with Crippen LogP contribution in [-0.4, -0.2) is 20.6 Å². The molecule has 3 nitrogen and oxygen atoms in total. The second-order valence-corrected chi connectivity index (χ2v) is 4.88. The highest BCUT2D eigenvalue weighted by atomic mass is 79.9. The fraction of sp³-hybridized carbons (Fsp3) is 1.00. The van der Waals surface area contributed by atoms with Gasteiger partial charge in [-0.3, -0.25) is 10.1 Å². The number of halogens is 2. The summed E-state index contributed by atoms with van der Waals surface area (Å²) in [4.78, 5) is 10.2. The third kappa shape index (κ3) is 3.51. The molecule has 0 saturated heterocycles. The Labute approximate surface area is 83.0 Å². The molecule has 0 amide bonds. The largest absolute Gasteiger partial charge is 0.264 e. The summed E-state index contributed by atoms with van der Waals surface area (Å²) in [6.07, 6.45) is 0.554. The Morgan fingerprint density at radius 1 is 1.55 bits per heavy atom. The molecule has 3 atom stereocenters. The van der Waals surface area contributed by atoms with Crippen LogP contribution in [0.3, 0.4) is 0 Å². The molecule has 0 aromatic rings. The van der Waals surface area contributed by atoms with Crippen molar-refractivity contribution in [1.82, 2.24) is 0 Å². The van der Waals surface area contributed by atoms with Crippen molar-refractivity contribution in [2.24, 2.45) is 0 Å². The van der Waals surface area contributed by atoms with Gasteiger partial charge in [-0.25, -0.2) is 0 Å². The van der Waals surface area contributed by atoms with Gasteiger partial charge >= 0.3 is 0 Å². The first kappa shape index (κ1) is 11.4. The quantitative estimate of drug-likeness (QED) is 0.453. The van der Waals surface area contributed by atoms with Crippen molar-refractivity contribution in [3.8, 4) is 0 Å². The van der Waals surface area contributed by atoms with E-state index in [1.807, 2.05) is 13.8 Å². The molecule has 0 aromatic heterocycles. The highest BCUT2D eigenvalue weighted by molar-refractivity contribution is 9.12. The van der Waals surface area contributed by atoms with E-state index in [1.165, 1.54) is 0 Å². The summed E-state index contributed by atoms with van der Waals surface area (Å²) in [6, 6.07) is -0.496. The predicted molar refractivity (Wildman–Crippen MR) is 52.2 cm³/mol. The molecule has 0 aromatic carbocycles. The zero-order chi connectivity index (χ0) is 9.02. The zero-order valence-electron chi connectivity index (χ0n) is 6.46. The maximum Gasteiger partial charge on any atom is 0.226 e. The number of nitro groups is 1. The Kier molecular flexibility index (Phi) is 5.25. The van der Waals surface area contributed by atoms with Crippen LogP contribution in [0.1, 0.15) is 20.3 Å². The molecule has 66 valence electrons. The Morgan fingerprint density at radius 3 is 2.09 bits per heavy atom. The Morgan fingerprint density at radius 2 is 2.00 bits per heavy atom. The van der Waals surface area contributed by atoms with Crippen molar-refractivity contribution in [2.75, 3.05) is 0 Å². The van der Waals surface area contributed by atoms with Crippen LogP contribution in [0.25, 0.3) is 0 Å². The van der Waals surface area contributed by atoms with E-state index in [2.05, 4.69) is 31.9 Å². The molecule has 0 aliphatic heterocycles. The first-order valence-electron chi connectivity index (χ1n) is 3.42. The van der Waals surface area contributed by atoms with E-state index in [9.17, 15) is 10.1 Å². The van der Waals surface area contributed by atoms with Crippen LogP contribution in [0.5, 0.6) is 0 Å². The van der Waals surface area contributed by atoms with Gasteiger partial charge < -0.3 is 0 Å². The van der Waals surface area contributed by atoms with Crippen molar-refractivity contribution >= 4 is 31.9 Å². The van der Waals surface area contributed by atoms with Crippen LogP contribution in [0.2, 0.25) is 0 Å². The van der Waals surface area contributed by atoms with Gasteiger partial charge in [0.05, 0.1) is 4.83 Å². The second-order valence-electron chi connectivity index (χ2n) is 2.38. The van der Waals surface area contributed by atoms with Gasteiger partial charge in [-0.1, -0.05) is 45.7 Å². The molecule has 0 fully saturated rings. The van der Waals surface area contributed by atoms with Crippen LogP contribution < -0.4 is 0 Å². The summed E-state index contributed by atoms with van der Waals surface area (Å²) in [5.74, 6) is 0. The standard InChI is InChI=1S/C6H11Br2NO2/c1-3-5(9(10)11)6(8)4(2)7/h4-6H,3H2,1-2H3. The van der Waals surface area contributed by atoms with E-state index in [-0.39, 0.29) is 14.6 Å². The number of alkyl halides is 2. The maximum atomic E-state index is 10.4. The molecule has 0 saturated carbocycles. The average Bonchev–Trinajstić information content (AvgIpc) is 1.88. The monoisotopic (exact) mass is 287 g/mol. The SMILES string of the molecule is CCC(C(Br)C(C)Br)[N+](=O)[O-]. The fourth-order valence-corrected chi connectivity index (χ4v) is 1.72. The summed E-state index contributed by atoms with van der Waals surface area (Å²) in [6.45, 7) is 3.71. The number of hydrogen-bond acceptors (Lipinski definition) is 2. The Balaban J connectivity index is 4.14. The van der Waals surface area contributed by atoms with Gasteiger partial charge in [-0.2, -0.15) is 0 Å². The minimum absolute atomic E-state index is 0.0949. The van der Waals surface area contributed by atoms with E-state index in [0.717, 1.165) is 0 Å². The highest BCUT2D eigenvalue weighted by Gasteiger charge is 2.30. The molecule has 0 spiro atoms. The average molecular weight is 289 g/mol. The lowest BCUT2D eigenvalue weighted by Crippen LogP contribution is -2.33. The molecule has 0 N–H and O–H groups in total. The van der Waals surface area contributed by atoms with Crippen LogP contribution in [0.15, 0.2) is 0 Å². The number of rotatable bonds is 4. The normalized spacial score (nSPS) is 18.9. The highest BCUT2D eigenvalue weighted by Crippen LogP contribution is 2.20. The summed E-state index contributed by atoms with van der Waals surface area (Å²) in [5.41, 5.74) is 0. The smallest absolute Gasteiger partial charge is 0.226 e. The summed E-state index contributed by atoms with van der Waals surface area (Å²) >= 11 is 6.58. The zero-order valence-corrected chi connectivity index (χ0v) is 9.63. The molecule has 0 aliphatic carbocycles. The first-order chi connectivity index (χ1) is 5.00. The van der Waals surface area contributed by atoms with Crippen molar-refractivity contribution in [1.29, 1.82) is 0 Å². The minimum Gasteiger partial charge on any atom is -0.264 e. The van der Waals surface area contributed by atoms with E-state index >= 15 is 0 Å². The van der Waals surface area contributed by atoms with E-state index < -0.39 is 6.04 Å². The van der Waals surface area contributed by atoms with E-state index in [0.29, 0.717) is 6.42 Å². The lowest BCUT2D eigenvalue weighted by Gasteiger charge is -2.15. The second kappa shape index (κ2) is 5.09. The van der Waals surface area contributed by atoms with Gasteiger partial charge in [0, 0.05) is 16.2 Å². The van der Waals surface area contributed by atoms with Crippen LogP contribution in [-0.2, 0) is 0 Å². The summed E-state index contributed by atoms with van der Waals surface area (Å²) < 4.78 is 0. The molecule has 5 heteroatoms. The lowest BCUT2D eigenvalue weighted by molar-refractivity contribution is -0.521. The molecule has 0 bridgehead atoms. The predicted octanol–water partition coefficient (Wildman–Crippen LogP) is 2.59. The molecular weight excluding hydrogens is 278 g/mol. The lowest BCUT2D eigenvalue weighted by atomic mass is 10.1. The van der Waals surface area contributed by atoms with E-state index in [1.54, 1.807) is 0 Å². The van der Waals surface area contributed by atoms with E-state index in [4.69, 9.17) is 0 Å². The third-order valence-corrected chi connectivity index (χ3v) is 4.18. The fourth-order valence-electron chi connectivity index (χ4n) is 0.797. The summed E-state index contributed by atoms with van der Waals surface area (Å²) in [7, 11) is 0. The van der Waals surface area contributed by atoms with Gasteiger partial charge in [-0.15, -0.1) is 0 Å². The number of hydrogen-bond donors (Lipinski definition) is 0.